The standard InChI is InChI=1S/C12H18BrNS/c1-14-10(7-9-3-2-4-9)8-11-5-6-12(13)15-11/h5-6,9-10,14H,2-4,7-8H2,1H3. The third-order valence-electron chi connectivity index (χ3n) is 3.33. The molecule has 0 aliphatic heterocycles. The molecule has 1 aliphatic carbocycles. The molecule has 1 atom stereocenters. The van der Waals surface area contributed by atoms with Crippen molar-refractivity contribution in [3.05, 3.63) is 20.8 Å². The molecule has 1 aliphatic rings. The van der Waals surface area contributed by atoms with E-state index in [0.29, 0.717) is 6.04 Å². The highest BCUT2D eigenvalue weighted by atomic mass is 79.9. The minimum absolute atomic E-state index is 0.667. The normalized spacial score (nSPS) is 18.8. The Kier molecular flexibility index (Phi) is 4.23. The van der Waals surface area contributed by atoms with Crippen LogP contribution in [0.2, 0.25) is 0 Å². The van der Waals surface area contributed by atoms with E-state index in [9.17, 15) is 0 Å². The second kappa shape index (κ2) is 5.46. The van der Waals surface area contributed by atoms with Crippen molar-refractivity contribution in [2.24, 2.45) is 5.92 Å². The Morgan fingerprint density at radius 3 is 2.80 bits per heavy atom. The van der Waals surface area contributed by atoms with Gasteiger partial charge in [0.1, 0.15) is 0 Å². The number of likely N-dealkylation sites (N-methyl/N-ethyl adjacent to an activating group) is 1. The van der Waals surface area contributed by atoms with E-state index in [1.165, 1.54) is 40.8 Å². The van der Waals surface area contributed by atoms with Gasteiger partial charge in [0, 0.05) is 10.9 Å². The number of halogens is 1. The van der Waals surface area contributed by atoms with Crippen LogP contribution in [-0.4, -0.2) is 13.1 Å². The predicted molar refractivity (Wildman–Crippen MR) is 70.5 cm³/mol. The van der Waals surface area contributed by atoms with Crippen LogP contribution in [0, 0.1) is 5.92 Å². The first kappa shape index (κ1) is 11.6. The Morgan fingerprint density at radius 1 is 1.53 bits per heavy atom. The number of thiophene rings is 1. The highest BCUT2D eigenvalue weighted by Crippen LogP contribution is 2.32. The van der Waals surface area contributed by atoms with E-state index in [2.05, 4.69) is 40.4 Å². The van der Waals surface area contributed by atoms with Crippen LogP contribution in [-0.2, 0) is 6.42 Å². The van der Waals surface area contributed by atoms with Crippen LogP contribution < -0.4 is 5.32 Å². The summed E-state index contributed by atoms with van der Waals surface area (Å²) < 4.78 is 1.25. The summed E-state index contributed by atoms with van der Waals surface area (Å²) in [5, 5.41) is 3.45. The van der Waals surface area contributed by atoms with Gasteiger partial charge in [0.2, 0.25) is 0 Å². The number of nitrogens with one attached hydrogen (secondary N) is 1. The van der Waals surface area contributed by atoms with Crippen molar-refractivity contribution >= 4 is 27.3 Å². The summed E-state index contributed by atoms with van der Waals surface area (Å²) in [5.74, 6) is 0.992. The molecule has 0 saturated heterocycles. The van der Waals surface area contributed by atoms with E-state index in [4.69, 9.17) is 0 Å². The molecule has 1 aromatic heterocycles. The maximum atomic E-state index is 3.52. The average molecular weight is 288 g/mol. The molecule has 2 rings (SSSR count). The van der Waals surface area contributed by atoms with Crippen LogP contribution in [0.5, 0.6) is 0 Å². The zero-order valence-corrected chi connectivity index (χ0v) is 11.5. The fraction of sp³-hybridized carbons (Fsp3) is 0.667. The second-order valence-electron chi connectivity index (χ2n) is 4.43. The predicted octanol–water partition coefficient (Wildman–Crippen LogP) is 3.83. The van der Waals surface area contributed by atoms with Gasteiger partial charge in [-0.1, -0.05) is 19.3 Å². The molecule has 0 amide bonds. The van der Waals surface area contributed by atoms with Crippen LogP contribution in [0.25, 0.3) is 0 Å². The van der Waals surface area contributed by atoms with Gasteiger partial charge in [-0.25, -0.2) is 0 Å². The lowest BCUT2D eigenvalue weighted by Gasteiger charge is -2.29. The average Bonchev–Trinajstić information content (AvgIpc) is 2.55. The summed E-state index contributed by atoms with van der Waals surface area (Å²) in [6.07, 6.45) is 6.89. The summed E-state index contributed by atoms with van der Waals surface area (Å²) in [7, 11) is 2.09. The van der Waals surface area contributed by atoms with Gasteiger partial charge < -0.3 is 5.32 Å². The van der Waals surface area contributed by atoms with E-state index in [1.807, 2.05) is 11.3 Å². The Morgan fingerprint density at radius 2 is 2.33 bits per heavy atom. The van der Waals surface area contributed by atoms with E-state index in [-0.39, 0.29) is 0 Å². The molecule has 0 aromatic carbocycles. The lowest BCUT2D eigenvalue weighted by molar-refractivity contribution is 0.264. The highest BCUT2D eigenvalue weighted by Gasteiger charge is 2.21. The minimum atomic E-state index is 0.667. The molecular weight excluding hydrogens is 270 g/mol. The SMILES string of the molecule is CNC(Cc1ccc(Br)s1)CC1CCC1. The number of hydrogen-bond acceptors (Lipinski definition) is 2. The Hall–Kier alpha value is 0.140. The Labute approximate surface area is 104 Å². The van der Waals surface area contributed by atoms with E-state index < -0.39 is 0 Å². The summed E-state index contributed by atoms with van der Waals surface area (Å²) in [6.45, 7) is 0. The van der Waals surface area contributed by atoms with Crippen molar-refractivity contribution in [2.45, 2.75) is 38.1 Å². The van der Waals surface area contributed by atoms with Gasteiger partial charge in [-0.15, -0.1) is 11.3 Å². The summed E-state index contributed by atoms with van der Waals surface area (Å²) in [5.41, 5.74) is 0. The third kappa shape index (κ3) is 3.30. The first-order valence-corrected chi connectivity index (χ1v) is 7.30. The van der Waals surface area contributed by atoms with Crippen LogP contribution in [0.3, 0.4) is 0 Å². The molecule has 1 fully saturated rings. The first-order chi connectivity index (χ1) is 7.28. The maximum Gasteiger partial charge on any atom is 0.0701 e. The third-order valence-corrected chi connectivity index (χ3v) is 4.97. The molecule has 1 unspecified atom stereocenters. The van der Waals surface area contributed by atoms with Crippen molar-refractivity contribution in [2.75, 3.05) is 7.05 Å². The molecule has 1 heterocycles. The van der Waals surface area contributed by atoms with Gasteiger partial charge in [0.15, 0.2) is 0 Å². The largest absolute Gasteiger partial charge is 0.317 e. The summed E-state index contributed by atoms with van der Waals surface area (Å²) in [4.78, 5) is 1.49. The fourth-order valence-electron chi connectivity index (χ4n) is 2.14. The fourth-order valence-corrected chi connectivity index (χ4v) is 3.70. The molecule has 0 radical (unpaired) electrons. The molecule has 84 valence electrons. The van der Waals surface area contributed by atoms with Crippen LogP contribution >= 0.6 is 27.3 Å². The second-order valence-corrected chi connectivity index (χ2v) is 6.98. The zero-order valence-electron chi connectivity index (χ0n) is 9.13. The summed E-state index contributed by atoms with van der Waals surface area (Å²) >= 11 is 5.38. The van der Waals surface area contributed by atoms with Gasteiger partial charge in [0.25, 0.3) is 0 Å². The molecule has 1 saturated carbocycles. The lowest BCUT2D eigenvalue weighted by Crippen LogP contribution is -2.31. The Balaban J connectivity index is 1.84. The Bertz CT molecular complexity index is 306. The van der Waals surface area contributed by atoms with Gasteiger partial charge in [-0.05, 0) is 53.9 Å². The number of rotatable bonds is 5. The van der Waals surface area contributed by atoms with Gasteiger partial charge in [-0.2, -0.15) is 0 Å². The summed E-state index contributed by atoms with van der Waals surface area (Å²) in [6, 6.07) is 5.05. The zero-order chi connectivity index (χ0) is 10.7. The van der Waals surface area contributed by atoms with Crippen LogP contribution in [0.15, 0.2) is 15.9 Å². The quantitative estimate of drug-likeness (QED) is 0.868. The molecule has 15 heavy (non-hydrogen) atoms. The van der Waals surface area contributed by atoms with Crippen molar-refractivity contribution in [1.29, 1.82) is 0 Å². The van der Waals surface area contributed by atoms with Crippen LogP contribution in [0.4, 0.5) is 0 Å². The van der Waals surface area contributed by atoms with Crippen molar-refractivity contribution < 1.29 is 0 Å². The monoisotopic (exact) mass is 287 g/mol. The van der Waals surface area contributed by atoms with Crippen molar-refractivity contribution in [1.82, 2.24) is 5.32 Å². The van der Waals surface area contributed by atoms with Gasteiger partial charge in [0.05, 0.1) is 3.79 Å². The molecule has 1 N–H and O–H groups in total. The van der Waals surface area contributed by atoms with E-state index in [1.54, 1.807) is 0 Å². The molecule has 3 heteroatoms. The molecule has 0 bridgehead atoms. The van der Waals surface area contributed by atoms with Gasteiger partial charge in [-0.3, -0.25) is 0 Å². The molecule has 1 nitrogen and oxygen atoms in total. The lowest BCUT2D eigenvalue weighted by atomic mass is 9.80. The van der Waals surface area contributed by atoms with E-state index >= 15 is 0 Å². The molecule has 0 spiro atoms. The minimum Gasteiger partial charge on any atom is -0.317 e. The maximum absolute atomic E-state index is 3.52. The first-order valence-electron chi connectivity index (χ1n) is 5.69. The topological polar surface area (TPSA) is 12.0 Å². The van der Waals surface area contributed by atoms with E-state index in [0.717, 1.165) is 5.92 Å². The molecule has 1 aromatic rings. The van der Waals surface area contributed by atoms with Crippen LogP contribution in [0.1, 0.15) is 30.6 Å². The number of hydrogen-bond donors (Lipinski definition) is 1. The van der Waals surface area contributed by atoms with Crippen molar-refractivity contribution in [3.63, 3.8) is 0 Å². The smallest absolute Gasteiger partial charge is 0.0701 e. The van der Waals surface area contributed by atoms with Gasteiger partial charge >= 0.3 is 0 Å². The highest BCUT2D eigenvalue weighted by molar-refractivity contribution is 9.11. The molecular formula is C12H18BrNS. The van der Waals surface area contributed by atoms with Crippen molar-refractivity contribution in [3.8, 4) is 0 Å².